The first-order valence-electron chi connectivity index (χ1n) is 33.6. The van der Waals surface area contributed by atoms with Crippen LogP contribution in [-0.2, 0) is 10.8 Å². The van der Waals surface area contributed by atoms with Crippen molar-refractivity contribution in [3.8, 4) is 67.3 Å². The molecule has 0 unspecified atom stereocenters. The van der Waals surface area contributed by atoms with Crippen LogP contribution in [0.4, 0.5) is 34.1 Å². The van der Waals surface area contributed by atoms with Crippen molar-refractivity contribution in [2.24, 2.45) is 0 Å². The zero-order valence-corrected chi connectivity index (χ0v) is 54.8. The van der Waals surface area contributed by atoms with E-state index in [0.29, 0.717) is 0 Å². The molecule has 18 rings (SSSR count). The van der Waals surface area contributed by atoms with E-state index in [9.17, 15) is 0 Å². The van der Waals surface area contributed by atoms with Crippen LogP contribution in [0.5, 0.6) is 0 Å². The first-order chi connectivity index (χ1) is 47.0. The molecular formula is C92H70N4. The van der Waals surface area contributed by atoms with E-state index in [-0.39, 0.29) is 10.8 Å². The van der Waals surface area contributed by atoms with Gasteiger partial charge in [-0.3, -0.25) is 0 Å². The summed E-state index contributed by atoms with van der Waals surface area (Å²) in [7, 11) is 0. The van der Waals surface area contributed by atoms with Crippen molar-refractivity contribution in [2.75, 3.05) is 9.80 Å². The van der Waals surface area contributed by atoms with E-state index in [1.165, 1.54) is 122 Å². The second kappa shape index (κ2) is 21.9. The van der Waals surface area contributed by atoms with Gasteiger partial charge in [0.05, 0.1) is 33.8 Å². The van der Waals surface area contributed by atoms with Gasteiger partial charge in [0.1, 0.15) is 0 Å². The topological polar surface area (TPSA) is 16.3 Å². The number of hydrogen-bond donors (Lipinski definition) is 0. The maximum Gasteiger partial charge on any atom is 0.0570 e. The molecule has 0 fully saturated rings. The molecule has 0 spiro atoms. The molecule has 4 heteroatoms. The number of benzene rings is 14. The van der Waals surface area contributed by atoms with Gasteiger partial charge in [0.15, 0.2) is 0 Å². The Morgan fingerprint density at radius 3 is 1.04 bits per heavy atom. The number of anilines is 6. The fourth-order valence-corrected chi connectivity index (χ4v) is 16.5. The second-order valence-corrected chi connectivity index (χ2v) is 27.3. The molecule has 0 amide bonds. The van der Waals surface area contributed by atoms with E-state index in [1.807, 2.05) is 0 Å². The fourth-order valence-electron chi connectivity index (χ4n) is 16.5. The minimum atomic E-state index is -0.142. The average Bonchev–Trinajstić information content (AvgIpc) is 1.58. The lowest BCUT2D eigenvalue weighted by molar-refractivity contribution is 0.660. The number of fused-ring (bicyclic) bond motifs is 10. The molecule has 4 nitrogen and oxygen atoms in total. The van der Waals surface area contributed by atoms with Crippen LogP contribution in [0.15, 0.2) is 315 Å². The Morgan fingerprint density at radius 1 is 0.260 bits per heavy atom. The van der Waals surface area contributed by atoms with Gasteiger partial charge < -0.3 is 18.9 Å². The molecule has 0 atom stereocenters. The largest absolute Gasteiger partial charge is 0.310 e. The summed E-state index contributed by atoms with van der Waals surface area (Å²) in [4.78, 5) is 4.91. The maximum absolute atomic E-state index is 2.47. The van der Waals surface area contributed by atoms with Gasteiger partial charge in [-0.15, -0.1) is 0 Å². The van der Waals surface area contributed by atoms with E-state index in [1.54, 1.807) is 0 Å². The highest BCUT2D eigenvalue weighted by Gasteiger charge is 2.38. The van der Waals surface area contributed by atoms with Crippen LogP contribution >= 0.6 is 0 Å². The van der Waals surface area contributed by atoms with E-state index in [2.05, 4.69) is 376 Å². The lowest BCUT2D eigenvalue weighted by Gasteiger charge is -2.29. The normalized spacial score (nSPS) is 13.3. The van der Waals surface area contributed by atoms with Gasteiger partial charge in [-0.2, -0.15) is 0 Å². The highest BCUT2D eigenvalue weighted by atomic mass is 15.2. The molecule has 16 aromatic rings. The lowest BCUT2D eigenvalue weighted by Crippen LogP contribution is -2.16. The van der Waals surface area contributed by atoms with Crippen molar-refractivity contribution < 1.29 is 0 Å². The zero-order valence-electron chi connectivity index (χ0n) is 54.8. The summed E-state index contributed by atoms with van der Waals surface area (Å²) in [6.45, 7) is 14.1. The number of aryl methyl sites for hydroxylation is 2. The predicted octanol–water partition coefficient (Wildman–Crippen LogP) is 25.1. The first kappa shape index (κ1) is 57.0. The molecule has 14 aromatic carbocycles. The summed E-state index contributed by atoms with van der Waals surface area (Å²) in [5, 5.41) is 7.28. The first-order valence-corrected chi connectivity index (χ1v) is 33.6. The Balaban J connectivity index is 0.734. The van der Waals surface area contributed by atoms with Crippen molar-refractivity contribution in [1.82, 2.24) is 9.13 Å². The van der Waals surface area contributed by atoms with Crippen molar-refractivity contribution in [3.63, 3.8) is 0 Å². The quantitative estimate of drug-likeness (QED) is 0.128. The van der Waals surface area contributed by atoms with Crippen LogP contribution < -0.4 is 9.80 Å². The van der Waals surface area contributed by atoms with Crippen LogP contribution in [0.2, 0.25) is 0 Å². The molecule has 2 aromatic heterocycles. The molecule has 0 saturated carbocycles. The third-order valence-corrected chi connectivity index (χ3v) is 21.3. The third-order valence-electron chi connectivity index (χ3n) is 21.3. The molecule has 0 radical (unpaired) electrons. The van der Waals surface area contributed by atoms with E-state index in [0.717, 1.165) is 56.5 Å². The molecule has 2 heterocycles. The molecule has 2 aliphatic rings. The molecule has 0 saturated heterocycles. The van der Waals surface area contributed by atoms with Gasteiger partial charge in [0, 0.05) is 66.5 Å². The number of rotatable bonds is 11. The Hall–Kier alpha value is -11.7. The van der Waals surface area contributed by atoms with Crippen molar-refractivity contribution >= 4 is 77.5 Å². The number of aromatic nitrogens is 2. The Labute approximate surface area is 561 Å². The minimum Gasteiger partial charge on any atom is -0.310 e. The van der Waals surface area contributed by atoms with Gasteiger partial charge in [0.25, 0.3) is 0 Å². The average molecular weight is 1230 g/mol. The summed E-state index contributed by atoms with van der Waals surface area (Å²) in [5.41, 5.74) is 31.3. The highest BCUT2D eigenvalue weighted by Crippen LogP contribution is 2.54. The molecule has 0 aliphatic heterocycles. The lowest BCUT2D eigenvalue weighted by atomic mass is 9.82. The number of nitrogens with zero attached hydrogens (tertiary/aromatic N) is 4. The minimum absolute atomic E-state index is 0.142. The van der Waals surface area contributed by atoms with Gasteiger partial charge in [-0.25, -0.2) is 0 Å². The highest BCUT2D eigenvalue weighted by molar-refractivity contribution is 6.03. The summed E-state index contributed by atoms with van der Waals surface area (Å²) in [6, 6.07) is 117. The molecular weight excluding hydrogens is 1160 g/mol. The SMILES string of the molecule is Cc1c(-c2ccccc2)n(-c2ccc(N(c3ccc4c(c3)C(C)(C)c3ccccc3-4)c3cccc4ccccc34)cc2)c2ccc(-c3ccc4c(c3)c(C)c(-c3ccccc3)n4-c3ccc(N(c4ccc5c(c4)C(C)(C)c4ccccc4-5)c4cccc5ccccc45)cc3)cc12. The van der Waals surface area contributed by atoms with E-state index in [4.69, 9.17) is 0 Å². The third kappa shape index (κ3) is 8.82. The van der Waals surface area contributed by atoms with Crippen LogP contribution in [-0.4, -0.2) is 9.13 Å². The van der Waals surface area contributed by atoms with Gasteiger partial charge in [-0.1, -0.05) is 234 Å². The van der Waals surface area contributed by atoms with Crippen molar-refractivity contribution in [3.05, 3.63) is 349 Å². The summed E-state index contributed by atoms with van der Waals surface area (Å²) < 4.78 is 4.95. The van der Waals surface area contributed by atoms with Crippen LogP contribution in [0.1, 0.15) is 61.1 Å². The monoisotopic (exact) mass is 1230 g/mol. The van der Waals surface area contributed by atoms with Gasteiger partial charge in [-0.05, 0) is 212 Å². The summed E-state index contributed by atoms with van der Waals surface area (Å²) >= 11 is 0. The van der Waals surface area contributed by atoms with E-state index >= 15 is 0 Å². The van der Waals surface area contributed by atoms with Gasteiger partial charge >= 0.3 is 0 Å². The second-order valence-electron chi connectivity index (χ2n) is 27.3. The zero-order chi connectivity index (χ0) is 64.6. The molecule has 96 heavy (non-hydrogen) atoms. The smallest absolute Gasteiger partial charge is 0.0570 e. The number of hydrogen-bond acceptors (Lipinski definition) is 2. The maximum atomic E-state index is 2.47. The van der Waals surface area contributed by atoms with Crippen LogP contribution in [0, 0.1) is 13.8 Å². The molecule has 0 N–H and O–H groups in total. The Kier molecular flexibility index (Phi) is 13.0. The van der Waals surface area contributed by atoms with Crippen LogP contribution in [0.3, 0.4) is 0 Å². The van der Waals surface area contributed by atoms with Crippen molar-refractivity contribution in [2.45, 2.75) is 52.4 Å². The predicted molar refractivity (Wildman–Crippen MR) is 405 cm³/mol. The molecule has 0 bridgehead atoms. The Bertz CT molecular complexity index is 5420. The van der Waals surface area contributed by atoms with E-state index < -0.39 is 0 Å². The van der Waals surface area contributed by atoms with Crippen LogP contribution in [0.25, 0.3) is 111 Å². The Morgan fingerprint density at radius 2 is 0.615 bits per heavy atom. The van der Waals surface area contributed by atoms with Gasteiger partial charge in [0.2, 0.25) is 0 Å². The fraction of sp³-hybridized carbons (Fsp3) is 0.0870. The summed E-state index contributed by atoms with van der Waals surface area (Å²) in [6.07, 6.45) is 0. The molecule has 458 valence electrons. The van der Waals surface area contributed by atoms with Crippen molar-refractivity contribution in [1.29, 1.82) is 0 Å². The summed E-state index contributed by atoms with van der Waals surface area (Å²) in [5.74, 6) is 0. The molecule has 2 aliphatic carbocycles. The standard InChI is InChI=1S/C92H70N4/c1-59-79-55-65(39-53-87(79)95(89(59)63-25-9-7-10-26-63)69-45-41-67(42-46-69)93(85-37-21-29-61-23-13-15-31-73(61)85)71-49-51-77-75-33-17-19-35-81(75)91(3,4)83(77)57-71)66-40-54-88-80(56-66)60(2)90(64-27-11-8-12-28-64)96(88)70-47-43-68(44-48-70)94(86-38-22-30-62-24-14-16-32-74(62)86)72-50-52-78-76-34-18-20-36-82(76)92(5,6)84(78)58-72/h7-58H,1-6H3.